The highest BCUT2D eigenvalue weighted by Gasteiger charge is 2.49. The summed E-state index contributed by atoms with van der Waals surface area (Å²) in [7, 11) is 1.57. The van der Waals surface area contributed by atoms with Crippen LogP contribution in [-0.4, -0.2) is 51.9 Å². The van der Waals surface area contributed by atoms with Crippen LogP contribution in [0, 0.1) is 0 Å². The molecule has 36 heavy (non-hydrogen) atoms. The number of carbonyl (C=O) groups excluding carboxylic acids is 1. The molecule has 2 N–H and O–H groups in total. The van der Waals surface area contributed by atoms with Crippen LogP contribution in [0.1, 0.15) is 37.8 Å². The minimum absolute atomic E-state index is 0.0221. The zero-order valence-corrected chi connectivity index (χ0v) is 20.2. The van der Waals surface area contributed by atoms with Crippen molar-refractivity contribution in [3.63, 3.8) is 0 Å². The Morgan fingerprint density at radius 3 is 2.69 bits per heavy atom. The van der Waals surface area contributed by atoms with Gasteiger partial charge in [-0.05, 0) is 56.4 Å². The maximum Gasteiger partial charge on any atom is 0.263 e. The number of aryl methyl sites for hydroxylation is 1. The lowest BCUT2D eigenvalue weighted by Crippen LogP contribution is -2.61. The van der Waals surface area contributed by atoms with Crippen LogP contribution < -0.4 is 25.7 Å². The molecule has 1 amide bonds. The van der Waals surface area contributed by atoms with E-state index in [1.54, 1.807) is 29.9 Å². The maximum absolute atomic E-state index is 12.7. The quantitative estimate of drug-likeness (QED) is 0.518. The van der Waals surface area contributed by atoms with Crippen LogP contribution >= 0.6 is 0 Å². The van der Waals surface area contributed by atoms with Gasteiger partial charge in [-0.25, -0.2) is 4.98 Å². The van der Waals surface area contributed by atoms with Crippen LogP contribution in [0.15, 0.2) is 41.2 Å². The van der Waals surface area contributed by atoms with E-state index < -0.39 is 0 Å². The first kappa shape index (κ1) is 22.9. The first-order valence-electron chi connectivity index (χ1n) is 12.3. The molecule has 3 aliphatic heterocycles. The molecule has 0 aromatic carbocycles. The van der Waals surface area contributed by atoms with E-state index in [1.807, 2.05) is 18.2 Å². The molecule has 188 valence electrons. The third kappa shape index (κ3) is 4.20. The third-order valence-corrected chi connectivity index (χ3v) is 7.76. The van der Waals surface area contributed by atoms with E-state index in [-0.39, 0.29) is 29.2 Å². The number of carbonyl (C=O) groups is 1. The first-order chi connectivity index (χ1) is 17.5. The van der Waals surface area contributed by atoms with Crippen LogP contribution in [0.4, 0.5) is 5.82 Å². The number of methoxy groups -OCH3 is 1. The van der Waals surface area contributed by atoms with E-state index in [0.29, 0.717) is 42.8 Å². The summed E-state index contributed by atoms with van der Waals surface area (Å²) >= 11 is 0. The fourth-order valence-electron chi connectivity index (χ4n) is 5.48. The van der Waals surface area contributed by atoms with E-state index in [4.69, 9.17) is 14.2 Å². The Labute approximate surface area is 208 Å². The van der Waals surface area contributed by atoms with Crippen molar-refractivity contribution in [1.82, 2.24) is 19.9 Å². The Hall–Kier alpha value is -3.50. The van der Waals surface area contributed by atoms with E-state index in [0.717, 1.165) is 43.2 Å². The van der Waals surface area contributed by atoms with Crippen molar-refractivity contribution in [2.24, 2.45) is 0 Å². The number of nitrogens with zero attached hydrogens (tertiary/aromatic N) is 3. The second-order valence-corrected chi connectivity index (χ2v) is 9.93. The van der Waals surface area contributed by atoms with Crippen LogP contribution in [0.25, 0.3) is 11.0 Å². The van der Waals surface area contributed by atoms with Crippen molar-refractivity contribution in [2.45, 2.75) is 56.3 Å². The molecule has 2 bridgehead atoms. The smallest absolute Gasteiger partial charge is 0.263 e. The number of rotatable bonds is 7. The maximum atomic E-state index is 12.7. The molecule has 0 radical (unpaired) electrons. The fraction of sp³-hybridized carbons (Fsp3) is 0.462. The Balaban J connectivity index is 1.10. The van der Waals surface area contributed by atoms with Gasteiger partial charge in [0.15, 0.2) is 18.2 Å². The summed E-state index contributed by atoms with van der Waals surface area (Å²) in [6.07, 6.45) is 4.60. The molecule has 3 fully saturated rings. The van der Waals surface area contributed by atoms with Gasteiger partial charge in [0.2, 0.25) is 5.88 Å². The summed E-state index contributed by atoms with van der Waals surface area (Å²) in [5.74, 6) is 1.37. The van der Waals surface area contributed by atoms with E-state index in [9.17, 15) is 9.59 Å². The predicted octanol–water partition coefficient (Wildman–Crippen LogP) is 2.39. The SMILES string of the molecule is COc1ccc2ccc(=O)n(CCC34CCC(NCc5ccc6c(n5)NC(=O)CO6)(CC3)CO4)c2n1. The molecule has 1 aliphatic carbocycles. The molecule has 3 aromatic heterocycles. The highest BCUT2D eigenvalue weighted by atomic mass is 16.5. The normalized spacial score (nSPS) is 24.8. The van der Waals surface area contributed by atoms with Crippen LogP contribution in [-0.2, 0) is 22.6 Å². The molecular formula is C26H29N5O5. The monoisotopic (exact) mass is 491 g/mol. The van der Waals surface area contributed by atoms with Crippen molar-refractivity contribution in [3.05, 3.63) is 52.4 Å². The summed E-state index contributed by atoms with van der Waals surface area (Å²) in [6.45, 7) is 1.77. The molecule has 0 unspecified atom stereocenters. The van der Waals surface area contributed by atoms with Crippen molar-refractivity contribution in [1.29, 1.82) is 0 Å². The van der Waals surface area contributed by atoms with E-state index in [2.05, 4.69) is 20.6 Å². The van der Waals surface area contributed by atoms with E-state index >= 15 is 0 Å². The number of ether oxygens (including phenoxy) is 3. The van der Waals surface area contributed by atoms with Crippen molar-refractivity contribution in [3.8, 4) is 11.6 Å². The number of pyridine rings is 3. The van der Waals surface area contributed by atoms with Crippen LogP contribution in [0.3, 0.4) is 0 Å². The van der Waals surface area contributed by atoms with Gasteiger partial charge in [0.05, 0.1) is 25.0 Å². The number of hydrogen-bond acceptors (Lipinski definition) is 8. The van der Waals surface area contributed by atoms with Crippen molar-refractivity contribution >= 4 is 22.8 Å². The molecule has 2 saturated heterocycles. The average molecular weight is 492 g/mol. The summed E-state index contributed by atoms with van der Waals surface area (Å²) in [6, 6.07) is 10.9. The van der Waals surface area contributed by atoms with Gasteiger partial charge in [-0.15, -0.1) is 0 Å². The molecule has 10 heteroatoms. The minimum Gasteiger partial charge on any atom is -0.481 e. The lowest BCUT2D eigenvalue weighted by atomic mass is 9.70. The highest BCUT2D eigenvalue weighted by Crippen LogP contribution is 2.45. The lowest BCUT2D eigenvalue weighted by molar-refractivity contribution is -0.167. The zero-order chi connectivity index (χ0) is 24.8. The topological polar surface area (TPSA) is 117 Å². The molecule has 4 aliphatic rings. The van der Waals surface area contributed by atoms with Crippen LogP contribution in [0.5, 0.6) is 11.6 Å². The zero-order valence-electron chi connectivity index (χ0n) is 20.2. The summed E-state index contributed by atoms with van der Waals surface area (Å²) in [5.41, 5.74) is 1.09. The van der Waals surface area contributed by atoms with Gasteiger partial charge in [0, 0.05) is 36.1 Å². The van der Waals surface area contributed by atoms with Gasteiger partial charge in [-0.2, -0.15) is 4.98 Å². The van der Waals surface area contributed by atoms with Gasteiger partial charge in [0.25, 0.3) is 11.5 Å². The Kier molecular flexibility index (Phi) is 5.65. The lowest BCUT2D eigenvalue weighted by Gasteiger charge is -2.53. The Morgan fingerprint density at radius 2 is 1.92 bits per heavy atom. The molecule has 0 spiro atoms. The second-order valence-electron chi connectivity index (χ2n) is 9.93. The number of hydrogen-bond donors (Lipinski definition) is 2. The minimum atomic E-state index is -0.227. The molecule has 3 aromatic rings. The summed E-state index contributed by atoms with van der Waals surface area (Å²) < 4.78 is 18.9. The first-order valence-corrected chi connectivity index (χ1v) is 12.3. The molecule has 0 atom stereocenters. The van der Waals surface area contributed by atoms with Gasteiger partial charge < -0.3 is 24.8 Å². The third-order valence-electron chi connectivity index (χ3n) is 7.76. The largest absolute Gasteiger partial charge is 0.481 e. The number of amides is 1. The van der Waals surface area contributed by atoms with Crippen LogP contribution in [0.2, 0.25) is 0 Å². The predicted molar refractivity (Wildman–Crippen MR) is 132 cm³/mol. The molecular weight excluding hydrogens is 462 g/mol. The number of aromatic nitrogens is 3. The summed E-state index contributed by atoms with van der Waals surface area (Å²) in [4.78, 5) is 33.3. The Bertz CT molecular complexity index is 1360. The van der Waals surface area contributed by atoms with Gasteiger partial charge in [0.1, 0.15) is 5.65 Å². The molecule has 10 nitrogen and oxygen atoms in total. The van der Waals surface area contributed by atoms with Gasteiger partial charge >= 0.3 is 0 Å². The Morgan fingerprint density at radius 1 is 1.08 bits per heavy atom. The molecule has 1 saturated carbocycles. The molecule has 6 heterocycles. The standard InChI is InChI=1S/C26H29N5O5/c1-34-21-6-2-17-3-7-22(33)31(24(17)30-21)13-12-26-10-8-25(9-11-26,16-36-26)27-14-18-4-5-19-23(28-18)29-20(32)15-35-19/h2-7,27H,8-16H2,1H3,(H,28,29,32). The summed E-state index contributed by atoms with van der Waals surface area (Å²) in [5, 5.41) is 7.34. The fourth-order valence-corrected chi connectivity index (χ4v) is 5.48. The van der Waals surface area contributed by atoms with Crippen molar-refractivity contribution in [2.75, 3.05) is 25.6 Å². The second kappa shape index (κ2) is 8.86. The van der Waals surface area contributed by atoms with Gasteiger partial charge in [-0.3, -0.25) is 14.2 Å². The highest BCUT2D eigenvalue weighted by molar-refractivity contribution is 5.94. The van der Waals surface area contributed by atoms with Gasteiger partial charge in [-0.1, -0.05) is 0 Å². The number of nitrogens with one attached hydrogen (secondary N) is 2. The average Bonchev–Trinajstić information content (AvgIpc) is 2.92. The van der Waals surface area contributed by atoms with Crippen molar-refractivity contribution < 1.29 is 19.0 Å². The number of fused-ring (bicyclic) bond motifs is 5. The molecule has 7 rings (SSSR count). The van der Waals surface area contributed by atoms with E-state index in [1.165, 1.54) is 0 Å². The number of anilines is 1.